The quantitative estimate of drug-likeness (QED) is 0.559. The van der Waals surface area contributed by atoms with Crippen LogP contribution in [-0.2, 0) is 20.6 Å². The minimum atomic E-state index is -3.78. The molecule has 3 N–H and O–H groups in total. The number of nitro benzene ring substituents is 1. The number of non-ortho nitro benzene ring substituents is 1. The zero-order valence-electron chi connectivity index (χ0n) is 11.6. The third-order valence-electron chi connectivity index (χ3n) is 2.78. The summed E-state index contributed by atoms with van der Waals surface area (Å²) >= 11 is 0. The number of carbonyl (C=O) groups excluding carboxylic acids is 1. The van der Waals surface area contributed by atoms with Gasteiger partial charge in [0.05, 0.1) is 10.7 Å². The van der Waals surface area contributed by atoms with Crippen molar-refractivity contribution in [1.82, 2.24) is 4.72 Å². The summed E-state index contributed by atoms with van der Waals surface area (Å²) in [5, 5.41) is 10.5. The summed E-state index contributed by atoms with van der Waals surface area (Å²) in [4.78, 5) is 21.2. The Bertz CT molecular complexity index is 625. The van der Waals surface area contributed by atoms with E-state index in [1.54, 1.807) is 13.8 Å². The third kappa shape index (κ3) is 5.12. The number of hydrogen-bond acceptors (Lipinski definition) is 5. The molecular formula is C12H17N3O5S. The van der Waals surface area contributed by atoms with Crippen molar-refractivity contribution >= 4 is 21.6 Å². The Hall–Kier alpha value is -2.00. The largest absolute Gasteiger partial charge is 0.368 e. The van der Waals surface area contributed by atoms with Crippen LogP contribution in [0.25, 0.3) is 0 Å². The minimum Gasteiger partial charge on any atom is -0.368 e. The number of nitrogens with two attached hydrogens (primary N) is 1. The lowest BCUT2D eigenvalue weighted by atomic mass is 10.1. The number of nitrogens with one attached hydrogen (secondary N) is 1. The number of benzene rings is 1. The van der Waals surface area contributed by atoms with Gasteiger partial charge in [-0.15, -0.1) is 0 Å². The molecule has 1 aromatic carbocycles. The predicted molar refractivity (Wildman–Crippen MR) is 76.7 cm³/mol. The van der Waals surface area contributed by atoms with Crippen LogP contribution in [0.15, 0.2) is 24.3 Å². The molecular weight excluding hydrogens is 298 g/mol. The number of primary amides is 1. The molecule has 21 heavy (non-hydrogen) atoms. The molecule has 116 valence electrons. The van der Waals surface area contributed by atoms with Crippen molar-refractivity contribution in [3.05, 3.63) is 39.9 Å². The van der Waals surface area contributed by atoms with E-state index in [9.17, 15) is 23.3 Å². The number of rotatable bonds is 7. The van der Waals surface area contributed by atoms with Gasteiger partial charge in [0, 0.05) is 12.1 Å². The average molecular weight is 315 g/mol. The van der Waals surface area contributed by atoms with Crippen LogP contribution in [0, 0.1) is 16.0 Å². The van der Waals surface area contributed by atoms with Gasteiger partial charge >= 0.3 is 0 Å². The number of nitrogens with zero attached hydrogens (tertiary/aromatic N) is 1. The maximum atomic E-state index is 12.0. The van der Waals surface area contributed by atoms with Crippen LogP contribution in [-0.4, -0.2) is 25.3 Å². The molecule has 1 amide bonds. The summed E-state index contributed by atoms with van der Waals surface area (Å²) in [5.41, 5.74) is 5.40. The fourth-order valence-electron chi connectivity index (χ4n) is 1.69. The average Bonchev–Trinajstić information content (AvgIpc) is 2.35. The Morgan fingerprint density at radius 2 is 1.86 bits per heavy atom. The molecule has 1 aromatic rings. The van der Waals surface area contributed by atoms with Crippen LogP contribution in [0.2, 0.25) is 0 Å². The second kappa shape index (κ2) is 6.64. The highest BCUT2D eigenvalue weighted by atomic mass is 32.2. The van der Waals surface area contributed by atoms with Crippen LogP contribution in [0.5, 0.6) is 0 Å². The predicted octanol–water partition coefficient (Wildman–Crippen LogP) is 0.524. The molecule has 1 atom stereocenters. The first kappa shape index (κ1) is 17.1. The van der Waals surface area contributed by atoms with Gasteiger partial charge in [-0.2, -0.15) is 0 Å². The smallest absolute Gasteiger partial charge is 0.269 e. The first-order valence-corrected chi connectivity index (χ1v) is 7.80. The zero-order chi connectivity index (χ0) is 16.2. The van der Waals surface area contributed by atoms with Gasteiger partial charge in [-0.25, -0.2) is 13.1 Å². The van der Waals surface area contributed by atoms with Crippen LogP contribution < -0.4 is 10.5 Å². The second-order valence-corrected chi connectivity index (χ2v) is 6.68. The Labute approximate surface area is 122 Å². The fraction of sp³-hybridized carbons (Fsp3) is 0.417. The van der Waals surface area contributed by atoms with Crippen molar-refractivity contribution in [2.75, 3.05) is 0 Å². The van der Waals surface area contributed by atoms with Crippen LogP contribution in [0.3, 0.4) is 0 Å². The highest BCUT2D eigenvalue weighted by Gasteiger charge is 2.25. The molecule has 1 rings (SSSR count). The first-order valence-electron chi connectivity index (χ1n) is 6.15. The summed E-state index contributed by atoms with van der Waals surface area (Å²) in [7, 11) is -3.78. The van der Waals surface area contributed by atoms with Crippen molar-refractivity contribution in [3.8, 4) is 0 Å². The summed E-state index contributed by atoms with van der Waals surface area (Å²) in [6.45, 7) is 3.34. The highest BCUT2D eigenvalue weighted by molar-refractivity contribution is 7.88. The van der Waals surface area contributed by atoms with Crippen LogP contribution in [0.4, 0.5) is 5.69 Å². The number of nitro groups is 1. The molecule has 0 unspecified atom stereocenters. The standard InChI is InChI=1S/C12H17N3O5S/c1-8(2)11(12(13)16)14-21(19,20)7-9-3-5-10(6-4-9)15(17)18/h3-6,8,11,14H,7H2,1-2H3,(H2,13,16)/t11-/m1/s1. The van der Waals surface area contributed by atoms with Gasteiger partial charge in [0.1, 0.15) is 6.04 Å². The van der Waals surface area contributed by atoms with E-state index in [1.807, 2.05) is 0 Å². The number of amides is 1. The van der Waals surface area contributed by atoms with Crippen LogP contribution >= 0.6 is 0 Å². The third-order valence-corrected chi connectivity index (χ3v) is 4.11. The molecule has 0 radical (unpaired) electrons. The lowest BCUT2D eigenvalue weighted by Crippen LogP contribution is -2.47. The monoisotopic (exact) mass is 315 g/mol. The Morgan fingerprint density at radius 1 is 1.33 bits per heavy atom. The van der Waals surface area contributed by atoms with E-state index < -0.39 is 26.9 Å². The molecule has 0 aliphatic heterocycles. The first-order chi connectivity index (χ1) is 9.62. The Kier molecular flexibility index (Phi) is 5.39. The highest BCUT2D eigenvalue weighted by Crippen LogP contribution is 2.14. The molecule has 0 aliphatic carbocycles. The summed E-state index contributed by atoms with van der Waals surface area (Å²) < 4.78 is 26.2. The lowest BCUT2D eigenvalue weighted by Gasteiger charge is -2.18. The van der Waals surface area contributed by atoms with Gasteiger partial charge in [-0.3, -0.25) is 14.9 Å². The van der Waals surface area contributed by atoms with E-state index in [-0.39, 0.29) is 17.4 Å². The lowest BCUT2D eigenvalue weighted by molar-refractivity contribution is -0.384. The molecule has 0 heterocycles. The molecule has 0 aromatic heterocycles. The summed E-state index contributed by atoms with van der Waals surface area (Å²) in [6.07, 6.45) is 0. The van der Waals surface area contributed by atoms with Gasteiger partial charge in [-0.1, -0.05) is 26.0 Å². The van der Waals surface area contributed by atoms with Crippen molar-refractivity contribution in [2.45, 2.75) is 25.6 Å². The fourth-order valence-corrected chi connectivity index (χ4v) is 3.18. The molecule has 0 saturated carbocycles. The SMILES string of the molecule is CC(C)[C@@H](NS(=O)(=O)Cc1ccc([N+](=O)[O-])cc1)C(N)=O. The van der Waals surface area contributed by atoms with Crippen LogP contribution in [0.1, 0.15) is 19.4 Å². The van der Waals surface area contributed by atoms with Crippen molar-refractivity contribution in [3.63, 3.8) is 0 Å². The van der Waals surface area contributed by atoms with Gasteiger partial charge in [0.2, 0.25) is 15.9 Å². The van der Waals surface area contributed by atoms with Gasteiger partial charge in [-0.05, 0) is 11.5 Å². The summed E-state index contributed by atoms with van der Waals surface area (Å²) in [6, 6.07) is 4.16. The molecule has 0 saturated heterocycles. The molecule has 0 bridgehead atoms. The second-order valence-electron chi connectivity index (χ2n) is 4.92. The zero-order valence-corrected chi connectivity index (χ0v) is 12.5. The molecule has 0 fully saturated rings. The topological polar surface area (TPSA) is 132 Å². The number of hydrogen-bond donors (Lipinski definition) is 2. The van der Waals surface area contributed by atoms with E-state index in [1.165, 1.54) is 24.3 Å². The normalized spacial score (nSPS) is 13.1. The van der Waals surface area contributed by atoms with Gasteiger partial charge < -0.3 is 5.73 Å². The maximum Gasteiger partial charge on any atom is 0.269 e. The van der Waals surface area contributed by atoms with E-state index >= 15 is 0 Å². The van der Waals surface area contributed by atoms with Crippen molar-refractivity contribution in [1.29, 1.82) is 0 Å². The molecule has 9 heteroatoms. The number of sulfonamides is 1. The number of carbonyl (C=O) groups is 1. The van der Waals surface area contributed by atoms with E-state index in [4.69, 9.17) is 5.73 Å². The van der Waals surface area contributed by atoms with Crippen molar-refractivity contribution in [2.24, 2.45) is 11.7 Å². The maximum absolute atomic E-state index is 12.0. The van der Waals surface area contributed by atoms with E-state index in [0.717, 1.165) is 0 Å². The van der Waals surface area contributed by atoms with E-state index in [0.29, 0.717) is 5.56 Å². The van der Waals surface area contributed by atoms with E-state index in [2.05, 4.69) is 4.72 Å². The summed E-state index contributed by atoms with van der Waals surface area (Å²) in [5.74, 6) is -1.42. The minimum absolute atomic E-state index is 0.124. The van der Waals surface area contributed by atoms with Gasteiger partial charge in [0.15, 0.2) is 0 Å². The Morgan fingerprint density at radius 3 is 2.24 bits per heavy atom. The molecule has 0 aliphatic rings. The molecule has 0 spiro atoms. The Balaban J connectivity index is 2.85. The molecule has 8 nitrogen and oxygen atoms in total. The van der Waals surface area contributed by atoms with Crippen molar-refractivity contribution < 1.29 is 18.1 Å². The van der Waals surface area contributed by atoms with Gasteiger partial charge in [0.25, 0.3) is 5.69 Å².